The van der Waals surface area contributed by atoms with Crippen molar-refractivity contribution in [3.8, 4) is 16.3 Å². The molecule has 5 aromatic rings. The molecular weight excluding hydrogens is 374 g/mol. The second kappa shape index (κ2) is 6.64. The zero-order valence-corrected chi connectivity index (χ0v) is 16.1. The fourth-order valence-electron chi connectivity index (χ4n) is 2.96. The van der Waals surface area contributed by atoms with Gasteiger partial charge in [0.25, 0.3) is 0 Å². The molecule has 27 heavy (non-hydrogen) atoms. The Hall–Kier alpha value is -2.96. The smallest absolute Gasteiger partial charge is 0.188 e. The quantitative estimate of drug-likeness (QED) is 0.390. The first-order valence-electron chi connectivity index (χ1n) is 8.47. The van der Waals surface area contributed by atoms with Crippen molar-refractivity contribution in [1.82, 2.24) is 9.97 Å². The number of fused-ring (bicyclic) bond motifs is 2. The van der Waals surface area contributed by atoms with E-state index in [1.165, 1.54) is 4.70 Å². The second-order valence-electron chi connectivity index (χ2n) is 6.02. The summed E-state index contributed by atoms with van der Waals surface area (Å²) in [7, 11) is 1.67. The van der Waals surface area contributed by atoms with Gasteiger partial charge in [0.05, 0.1) is 22.0 Å². The Labute approximate surface area is 164 Å². The van der Waals surface area contributed by atoms with E-state index in [-0.39, 0.29) is 0 Å². The number of benzene rings is 3. The SMILES string of the molecule is COc1cccc2sc(Nc3ccc(-c4nc5ccccc5s4)cc3)nc12. The number of ether oxygens (including phenoxy) is 1. The van der Waals surface area contributed by atoms with Crippen LogP contribution in [0.5, 0.6) is 5.75 Å². The van der Waals surface area contributed by atoms with Gasteiger partial charge in [-0.2, -0.15) is 0 Å². The average Bonchev–Trinajstić information content (AvgIpc) is 3.31. The highest BCUT2D eigenvalue weighted by molar-refractivity contribution is 7.22. The van der Waals surface area contributed by atoms with E-state index in [0.29, 0.717) is 0 Å². The van der Waals surface area contributed by atoms with Crippen molar-refractivity contribution in [3.05, 3.63) is 66.7 Å². The van der Waals surface area contributed by atoms with Crippen LogP contribution in [0.3, 0.4) is 0 Å². The molecule has 0 spiro atoms. The molecule has 2 heterocycles. The molecule has 3 aromatic carbocycles. The van der Waals surface area contributed by atoms with E-state index in [4.69, 9.17) is 9.72 Å². The number of thiazole rings is 2. The monoisotopic (exact) mass is 389 g/mol. The van der Waals surface area contributed by atoms with Crippen molar-refractivity contribution in [1.29, 1.82) is 0 Å². The van der Waals surface area contributed by atoms with Crippen molar-refractivity contribution >= 4 is 53.9 Å². The molecule has 0 aliphatic rings. The third kappa shape index (κ3) is 3.03. The van der Waals surface area contributed by atoms with Gasteiger partial charge < -0.3 is 10.1 Å². The number of hydrogen-bond donors (Lipinski definition) is 1. The maximum absolute atomic E-state index is 5.39. The number of aromatic nitrogens is 2. The van der Waals surface area contributed by atoms with E-state index in [1.54, 1.807) is 29.8 Å². The van der Waals surface area contributed by atoms with Gasteiger partial charge in [-0.25, -0.2) is 9.97 Å². The van der Waals surface area contributed by atoms with Crippen LogP contribution in [0.25, 0.3) is 31.0 Å². The van der Waals surface area contributed by atoms with E-state index < -0.39 is 0 Å². The van der Waals surface area contributed by atoms with Crippen molar-refractivity contribution in [2.75, 3.05) is 12.4 Å². The molecular formula is C21H15N3OS2. The lowest BCUT2D eigenvalue weighted by molar-refractivity contribution is 0.419. The van der Waals surface area contributed by atoms with Crippen LogP contribution < -0.4 is 10.1 Å². The van der Waals surface area contributed by atoms with E-state index in [2.05, 4.69) is 46.7 Å². The maximum atomic E-state index is 5.39. The Balaban J connectivity index is 1.42. The molecule has 0 atom stereocenters. The van der Waals surface area contributed by atoms with Crippen molar-refractivity contribution in [2.24, 2.45) is 0 Å². The van der Waals surface area contributed by atoms with Gasteiger partial charge in [-0.15, -0.1) is 11.3 Å². The predicted molar refractivity (Wildman–Crippen MR) is 115 cm³/mol. The summed E-state index contributed by atoms with van der Waals surface area (Å²) in [6.07, 6.45) is 0. The number of nitrogens with one attached hydrogen (secondary N) is 1. The van der Waals surface area contributed by atoms with E-state index in [1.807, 2.05) is 30.3 Å². The van der Waals surface area contributed by atoms with Crippen molar-refractivity contribution in [2.45, 2.75) is 0 Å². The number of methoxy groups -OCH3 is 1. The van der Waals surface area contributed by atoms with Crippen LogP contribution in [0, 0.1) is 0 Å². The summed E-state index contributed by atoms with van der Waals surface area (Å²) in [5.41, 5.74) is 4.05. The molecule has 0 fully saturated rings. The zero-order chi connectivity index (χ0) is 18.2. The first kappa shape index (κ1) is 16.2. The minimum atomic E-state index is 0.794. The van der Waals surface area contributed by atoms with E-state index in [0.717, 1.165) is 42.9 Å². The number of nitrogens with zero attached hydrogens (tertiary/aromatic N) is 2. The minimum absolute atomic E-state index is 0.794. The summed E-state index contributed by atoms with van der Waals surface area (Å²) in [6, 6.07) is 22.5. The Bertz CT molecular complexity index is 1210. The Morgan fingerprint density at radius 2 is 1.63 bits per heavy atom. The van der Waals surface area contributed by atoms with Crippen LogP contribution in [-0.4, -0.2) is 17.1 Å². The Morgan fingerprint density at radius 1 is 0.815 bits per heavy atom. The van der Waals surface area contributed by atoms with Gasteiger partial charge in [0, 0.05) is 11.3 Å². The molecule has 0 saturated carbocycles. The number of hydrogen-bond acceptors (Lipinski definition) is 6. The van der Waals surface area contributed by atoms with Gasteiger partial charge in [0.15, 0.2) is 5.13 Å². The molecule has 5 rings (SSSR count). The Morgan fingerprint density at radius 3 is 2.44 bits per heavy atom. The molecule has 4 nitrogen and oxygen atoms in total. The predicted octanol–water partition coefficient (Wildman–Crippen LogP) is 6.33. The first-order chi connectivity index (χ1) is 13.3. The maximum Gasteiger partial charge on any atom is 0.188 e. The Kier molecular flexibility index (Phi) is 3.99. The molecule has 6 heteroatoms. The highest BCUT2D eigenvalue weighted by atomic mass is 32.1. The van der Waals surface area contributed by atoms with Crippen molar-refractivity contribution in [3.63, 3.8) is 0 Å². The lowest BCUT2D eigenvalue weighted by Gasteiger charge is -2.03. The third-order valence-electron chi connectivity index (χ3n) is 4.28. The third-order valence-corrected chi connectivity index (χ3v) is 6.30. The number of para-hydroxylation sites is 2. The van der Waals surface area contributed by atoms with Gasteiger partial charge in [-0.3, -0.25) is 0 Å². The number of rotatable bonds is 4. The van der Waals surface area contributed by atoms with Crippen molar-refractivity contribution < 1.29 is 4.74 Å². The fourth-order valence-corrected chi connectivity index (χ4v) is 4.83. The lowest BCUT2D eigenvalue weighted by Crippen LogP contribution is -1.89. The van der Waals surface area contributed by atoms with Gasteiger partial charge in [0.1, 0.15) is 16.3 Å². The molecule has 0 bridgehead atoms. The molecule has 0 aliphatic heterocycles. The largest absolute Gasteiger partial charge is 0.494 e. The van der Waals surface area contributed by atoms with E-state index >= 15 is 0 Å². The first-order valence-corrected chi connectivity index (χ1v) is 10.1. The summed E-state index contributed by atoms with van der Waals surface area (Å²) < 4.78 is 7.70. The summed E-state index contributed by atoms with van der Waals surface area (Å²) in [4.78, 5) is 9.38. The fraction of sp³-hybridized carbons (Fsp3) is 0.0476. The molecule has 132 valence electrons. The highest BCUT2D eigenvalue weighted by Crippen LogP contribution is 2.34. The highest BCUT2D eigenvalue weighted by Gasteiger charge is 2.09. The molecule has 1 N–H and O–H groups in total. The molecule has 2 aromatic heterocycles. The summed E-state index contributed by atoms with van der Waals surface area (Å²) in [5.74, 6) is 0.794. The molecule has 0 aliphatic carbocycles. The van der Waals surface area contributed by atoms with E-state index in [9.17, 15) is 0 Å². The molecule has 0 saturated heterocycles. The number of anilines is 2. The summed E-state index contributed by atoms with van der Waals surface area (Å²) in [6.45, 7) is 0. The van der Waals surface area contributed by atoms with Crippen LogP contribution in [0.4, 0.5) is 10.8 Å². The lowest BCUT2D eigenvalue weighted by atomic mass is 10.2. The topological polar surface area (TPSA) is 47.0 Å². The van der Waals surface area contributed by atoms with Crippen LogP contribution in [0.2, 0.25) is 0 Å². The molecule has 0 radical (unpaired) electrons. The van der Waals surface area contributed by atoms with Gasteiger partial charge in [0.2, 0.25) is 0 Å². The standard InChI is InChI=1S/C21H15N3OS2/c1-25-16-6-4-8-18-19(16)24-21(27-18)22-14-11-9-13(10-12-14)20-23-15-5-2-3-7-17(15)26-20/h2-12H,1H3,(H,22,24). The summed E-state index contributed by atoms with van der Waals surface area (Å²) >= 11 is 3.32. The molecule has 0 amide bonds. The average molecular weight is 390 g/mol. The van der Waals surface area contributed by atoms with Crippen LogP contribution >= 0.6 is 22.7 Å². The normalized spacial score (nSPS) is 11.1. The van der Waals surface area contributed by atoms with Crippen LogP contribution in [-0.2, 0) is 0 Å². The second-order valence-corrected chi connectivity index (χ2v) is 8.08. The zero-order valence-electron chi connectivity index (χ0n) is 14.5. The van der Waals surface area contributed by atoms with Gasteiger partial charge >= 0.3 is 0 Å². The van der Waals surface area contributed by atoms with Gasteiger partial charge in [-0.1, -0.05) is 29.5 Å². The minimum Gasteiger partial charge on any atom is -0.494 e. The molecule has 0 unspecified atom stereocenters. The van der Waals surface area contributed by atoms with Crippen LogP contribution in [0.1, 0.15) is 0 Å². The van der Waals surface area contributed by atoms with Gasteiger partial charge in [-0.05, 0) is 48.5 Å². The van der Waals surface area contributed by atoms with Crippen LogP contribution in [0.15, 0.2) is 66.7 Å². The summed E-state index contributed by atoms with van der Waals surface area (Å²) in [5, 5.41) is 5.27.